The predicted octanol–water partition coefficient (Wildman–Crippen LogP) is 1.67. The zero-order valence-corrected chi connectivity index (χ0v) is 12.8. The number of ether oxygens (including phenoxy) is 1. The van der Waals surface area contributed by atoms with Crippen molar-refractivity contribution in [1.82, 2.24) is 9.97 Å². The van der Waals surface area contributed by atoms with Gasteiger partial charge in [0.25, 0.3) is 5.69 Å². The average Bonchev–Trinajstić information content (AvgIpc) is 2.63. The number of nitrogens with one attached hydrogen (secondary N) is 1. The van der Waals surface area contributed by atoms with E-state index in [1.807, 2.05) is 0 Å². The molecule has 1 fully saturated rings. The highest BCUT2D eigenvalue weighted by Crippen LogP contribution is 2.17. The molecule has 0 unspecified atom stereocenters. The topological polar surface area (TPSA) is 106 Å². The van der Waals surface area contributed by atoms with Crippen molar-refractivity contribution in [2.75, 3.05) is 36.6 Å². The van der Waals surface area contributed by atoms with Gasteiger partial charge in [-0.3, -0.25) is 15.5 Å². The summed E-state index contributed by atoms with van der Waals surface area (Å²) in [6.07, 6.45) is 2.85. The van der Waals surface area contributed by atoms with E-state index in [0.717, 1.165) is 18.9 Å². The highest BCUT2D eigenvalue weighted by molar-refractivity contribution is 5.85. The number of rotatable bonds is 5. The van der Waals surface area contributed by atoms with Crippen molar-refractivity contribution in [3.8, 4) is 0 Å². The summed E-state index contributed by atoms with van der Waals surface area (Å²) in [7, 11) is 0. The van der Waals surface area contributed by atoms with Crippen molar-refractivity contribution >= 4 is 23.5 Å². The molecule has 1 N–H and O–H groups in total. The van der Waals surface area contributed by atoms with Gasteiger partial charge in [0, 0.05) is 25.2 Å². The van der Waals surface area contributed by atoms with Crippen LogP contribution < -0.4 is 10.3 Å². The second kappa shape index (κ2) is 7.47. The minimum absolute atomic E-state index is 0.000238. The number of benzene rings is 1. The largest absolute Gasteiger partial charge is 0.378 e. The summed E-state index contributed by atoms with van der Waals surface area (Å²) in [5.74, 6) is 1.30. The van der Waals surface area contributed by atoms with Gasteiger partial charge in [-0.1, -0.05) is 12.1 Å². The molecule has 1 aliphatic rings. The van der Waals surface area contributed by atoms with Gasteiger partial charge in [-0.25, -0.2) is 9.97 Å². The van der Waals surface area contributed by atoms with E-state index in [-0.39, 0.29) is 5.69 Å². The van der Waals surface area contributed by atoms with Crippen LogP contribution in [-0.4, -0.2) is 47.4 Å². The Labute approximate surface area is 138 Å². The number of hydrogen-bond acceptors (Lipinski definition) is 8. The Balaban J connectivity index is 1.69. The molecule has 124 valence electrons. The van der Waals surface area contributed by atoms with Crippen molar-refractivity contribution < 1.29 is 9.66 Å². The highest BCUT2D eigenvalue weighted by atomic mass is 16.6. The van der Waals surface area contributed by atoms with Crippen LogP contribution >= 0.6 is 0 Å². The van der Waals surface area contributed by atoms with Crippen LogP contribution in [0.15, 0.2) is 41.8 Å². The van der Waals surface area contributed by atoms with Gasteiger partial charge in [0.2, 0.25) is 0 Å². The Morgan fingerprint density at radius 2 is 2.08 bits per heavy atom. The summed E-state index contributed by atoms with van der Waals surface area (Å²) in [4.78, 5) is 21.0. The number of nitrogens with zero attached hydrogens (tertiary/aromatic N) is 5. The van der Waals surface area contributed by atoms with Gasteiger partial charge >= 0.3 is 0 Å². The Kier molecular flexibility index (Phi) is 4.92. The van der Waals surface area contributed by atoms with Gasteiger partial charge in [-0.05, 0) is 6.07 Å². The van der Waals surface area contributed by atoms with Crippen LogP contribution in [0.25, 0.3) is 0 Å². The molecule has 9 heteroatoms. The molecular weight excluding hydrogens is 312 g/mol. The van der Waals surface area contributed by atoms with E-state index >= 15 is 0 Å². The molecule has 24 heavy (non-hydrogen) atoms. The summed E-state index contributed by atoms with van der Waals surface area (Å²) in [6, 6.07) is 8.17. The van der Waals surface area contributed by atoms with Gasteiger partial charge in [0.15, 0.2) is 5.82 Å². The number of anilines is 2. The molecule has 0 spiro atoms. The fraction of sp³-hybridized carbons (Fsp3) is 0.267. The van der Waals surface area contributed by atoms with Crippen LogP contribution in [0.2, 0.25) is 0 Å². The Morgan fingerprint density at radius 1 is 1.29 bits per heavy atom. The van der Waals surface area contributed by atoms with E-state index < -0.39 is 4.92 Å². The summed E-state index contributed by atoms with van der Waals surface area (Å²) in [5.41, 5.74) is 3.19. The SMILES string of the molecule is O=[N+]([O-])c1ccccc1C=NNc1cc(N2CCOCC2)ncn1. The molecule has 1 saturated heterocycles. The number of hydrazone groups is 1. The quantitative estimate of drug-likeness (QED) is 0.505. The second-order valence-electron chi connectivity index (χ2n) is 5.05. The number of aromatic nitrogens is 2. The van der Waals surface area contributed by atoms with Crippen LogP contribution in [0.1, 0.15) is 5.56 Å². The van der Waals surface area contributed by atoms with Crippen molar-refractivity contribution in [2.45, 2.75) is 0 Å². The third-order valence-electron chi connectivity index (χ3n) is 3.50. The third kappa shape index (κ3) is 3.82. The molecule has 0 aliphatic carbocycles. The van der Waals surface area contributed by atoms with Gasteiger partial charge in [0.05, 0.1) is 29.9 Å². The van der Waals surface area contributed by atoms with Gasteiger partial charge in [-0.15, -0.1) is 0 Å². The first-order chi connectivity index (χ1) is 11.7. The zero-order valence-electron chi connectivity index (χ0n) is 12.8. The van der Waals surface area contributed by atoms with Crippen LogP contribution in [0.5, 0.6) is 0 Å². The first-order valence-electron chi connectivity index (χ1n) is 7.41. The maximum Gasteiger partial charge on any atom is 0.278 e. The van der Waals surface area contributed by atoms with E-state index in [2.05, 4.69) is 25.4 Å². The van der Waals surface area contributed by atoms with Gasteiger partial charge in [-0.2, -0.15) is 5.10 Å². The van der Waals surface area contributed by atoms with E-state index in [1.54, 1.807) is 24.3 Å². The van der Waals surface area contributed by atoms with Crippen LogP contribution in [-0.2, 0) is 4.74 Å². The molecule has 1 aliphatic heterocycles. The summed E-state index contributed by atoms with van der Waals surface area (Å²) in [6.45, 7) is 2.89. The molecule has 2 heterocycles. The third-order valence-corrected chi connectivity index (χ3v) is 3.50. The molecule has 2 aromatic rings. The van der Waals surface area contributed by atoms with E-state index in [9.17, 15) is 10.1 Å². The Hall–Kier alpha value is -3.07. The zero-order chi connectivity index (χ0) is 16.8. The highest BCUT2D eigenvalue weighted by Gasteiger charge is 2.13. The normalized spacial score (nSPS) is 14.8. The molecule has 1 aromatic carbocycles. The Bertz CT molecular complexity index is 745. The van der Waals surface area contributed by atoms with Gasteiger partial charge < -0.3 is 9.64 Å². The molecule has 1 aromatic heterocycles. The van der Waals surface area contributed by atoms with Crippen LogP contribution in [0.3, 0.4) is 0 Å². The van der Waals surface area contributed by atoms with Gasteiger partial charge in [0.1, 0.15) is 12.1 Å². The number of nitro benzene ring substituents is 1. The number of para-hydroxylation sites is 1. The standard InChI is InChI=1S/C15H16N6O3/c22-21(23)13-4-2-1-3-12(13)10-18-19-14-9-15(17-11-16-14)20-5-7-24-8-6-20/h1-4,9-11H,5-8H2,(H,16,17,19). The molecule has 0 saturated carbocycles. The average molecular weight is 328 g/mol. The Morgan fingerprint density at radius 3 is 2.88 bits per heavy atom. The van der Waals surface area contributed by atoms with Crippen molar-refractivity contribution in [3.05, 3.63) is 52.3 Å². The maximum atomic E-state index is 11.0. The fourth-order valence-corrected chi connectivity index (χ4v) is 2.30. The number of hydrogen-bond donors (Lipinski definition) is 1. The lowest BCUT2D eigenvalue weighted by molar-refractivity contribution is -0.385. The van der Waals surface area contributed by atoms with E-state index in [1.165, 1.54) is 18.6 Å². The predicted molar refractivity (Wildman–Crippen MR) is 89.4 cm³/mol. The van der Waals surface area contributed by atoms with E-state index in [4.69, 9.17) is 4.74 Å². The summed E-state index contributed by atoms with van der Waals surface area (Å²) >= 11 is 0. The lowest BCUT2D eigenvalue weighted by Gasteiger charge is -2.27. The molecule has 0 atom stereocenters. The lowest BCUT2D eigenvalue weighted by atomic mass is 10.2. The first-order valence-corrected chi connectivity index (χ1v) is 7.41. The van der Waals surface area contributed by atoms with Crippen molar-refractivity contribution in [3.63, 3.8) is 0 Å². The lowest BCUT2D eigenvalue weighted by Crippen LogP contribution is -2.36. The fourth-order valence-electron chi connectivity index (χ4n) is 2.30. The smallest absolute Gasteiger partial charge is 0.278 e. The molecule has 0 radical (unpaired) electrons. The first kappa shape index (κ1) is 15.8. The number of nitro groups is 1. The van der Waals surface area contributed by atoms with Crippen molar-refractivity contribution in [2.24, 2.45) is 5.10 Å². The molecule has 0 bridgehead atoms. The molecule has 3 rings (SSSR count). The second-order valence-corrected chi connectivity index (χ2v) is 5.05. The maximum absolute atomic E-state index is 11.0. The number of morpholine rings is 1. The van der Waals surface area contributed by atoms with Crippen molar-refractivity contribution in [1.29, 1.82) is 0 Å². The van der Waals surface area contributed by atoms with Crippen LogP contribution in [0.4, 0.5) is 17.3 Å². The molecular formula is C15H16N6O3. The van der Waals surface area contributed by atoms with E-state index in [0.29, 0.717) is 24.6 Å². The minimum Gasteiger partial charge on any atom is -0.378 e. The molecule has 0 amide bonds. The summed E-state index contributed by atoms with van der Waals surface area (Å²) < 4.78 is 5.32. The van der Waals surface area contributed by atoms with Crippen LogP contribution in [0, 0.1) is 10.1 Å². The summed E-state index contributed by atoms with van der Waals surface area (Å²) in [5, 5.41) is 15.0. The molecule has 9 nitrogen and oxygen atoms in total. The minimum atomic E-state index is -0.442. The monoisotopic (exact) mass is 328 g/mol.